The maximum absolute atomic E-state index is 13.9. The number of hydrogen-bond acceptors (Lipinski definition) is 4. The van der Waals surface area contributed by atoms with Crippen LogP contribution in [0.15, 0.2) is 30.3 Å². The molecule has 2 fully saturated rings. The molecule has 4 heterocycles. The molecule has 1 atom stereocenters. The Hall–Kier alpha value is -2.54. The van der Waals surface area contributed by atoms with Crippen molar-refractivity contribution >= 4 is 45.9 Å². The van der Waals surface area contributed by atoms with Gasteiger partial charge in [-0.25, -0.2) is 4.98 Å². The molecule has 2 aromatic rings. The Morgan fingerprint density at radius 1 is 1.10 bits per heavy atom. The smallest absolute Gasteiger partial charge is 0.278 e. The predicted octanol–water partition coefficient (Wildman–Crippen LogP) is 2.55. The van der Waals surface area contributed by atoms with Gasteiger partial charge in [-0.15, -0.1) is 0 Å². The second-order valence-electron chi connectivity index (χ2n) is 8.46. The fraction of sp³-hybridized carbons (Fsp3) is 0.478. The Morgan fingerprint density at radius 3 is 2.50 bits per heavy atom. The Balaban J connectivity index is 1.73. The number of benzene rings is 1. The third kappa shape index (κ3) is 2.47. The molecule has 0 bridgehead atoms. The molecule has 0 saturated carbocycles. The lowest BCUT2D eigenvalue weighted by atomic mass is 9.66. The number of amides is 2. The summed E-state index contributed by atoms with van der Waals surface area (Å²) in [7, 11) is 0. The summed E-state index contributed by atoms with van der Waals surface area (Å²) in [5, 5.41) is 1.44. The van der Waals surface area contributed by atoms with Gasteiger partial charge in [0.1, 0.15) is 11.6 Å². The second-order valence-corrected chi connectivity index (χ2v) is 8.83. The van der Waals surface area contributed by atoms with Gasteiger partial charge in [-0.05, 0) is 57.5 Å². The van der Waals surface area contributed by atoms with Crippen LogP contribution in [-0.2, 0) is 16.0 Å². The minimum absolute atomic E-state index is 0.125. The van der Waals surface area contributed by atoms with E-state index in [-0.39, 0.29) is 17.9 Å². The average molecular weight is 424 g/mol. The first-order valence-electron chi connectivity index (χ1n) is 10.9. The van der Waals surface area contributed by atoms with Crippen molar-refractivity contribution < 1.29 is 14.6 Å². The van der Waals surface area contributed by atoms with E-state index < -0.39 is 5.41 Å². The summed E-state index contributed by atoms with van der Waals surface area (Å²) in [6.07, 6.45) is 3.33. The minimum Gasteiger partial charge on any atom is -0.288 e. The highest BCUT2D eigenvalue weighted by atomic mass is 32.1. The van der Waals surface area contributed by atoms with Gasteiger partial charge in [-0.1, -0.05) is 18.2 Å². The quantitative estimate of drug-likeness (QED) is 0.550. The minimum atomic E-state index is -1.11. The number of para-hydroxylation sites is 1. The van der Waals surface area contributed by atoms with Crippen LogP contribution in [-0.4, -0.2) is 52.4 Å². The molecule has 1 aromatic carbocycles. The summed E-state index contributed by atoms with van der Waals surface area (Å²) >= 11 is 5.53. The fourth-order valence-electron chi connectivity index (χ4n) is 5.61. The lowest BCUT2D eigenvalue weighted by Crippen LogP contribution is -2.73. The van der Waals surface area contributed by atoms with Crippen molar-refractivity contribution in [3.63, 3.8) is 0 Å². The molecule has 5 rings (SSSR count). The highest BCUT2D eigenvalue weighted by Gasteiger charge is 2.65. The lowest BCUT2D eigenvalue weighted by Gasteiger charge is -2.52. The molecular formula is C23H27N4O2S+. The zero-order valence-electron chi connectivity index (χ0n) is 17.5. The molecule has 0 aliphatic carbocycles. The first-order valence-corrected chi connectivity index (χ1v) is 11.3. The number of H-pyrrole nitrogens is 1. The van der Waals surface area contributed by atoms with E-state index in [1.807, 2.05) is 26.0 Å². The third-order valence-corrected chi connectivity index (χ3v) is 7.46. The van der Waals surface area contributed by atoms with Crippen molar-refractivity contribution in [2.75, 3.05) is 24.5 Å². The van der Waals surface area contributed by atoms with E-state index in [0.717, 1.165) is 48.1 Å². The monoisotopic (exact) mass is 423 g/mol. The van der Waals surface area contributed by atoms with E-state index in [4.69, 9.17) is 12.2 Å². The summed E-state index contributed by atoms with van der Waals surface area (Å²) in [5.41, 5.74) is 0.996. The van der Waals surface area contributed by atoms with Crippen LogP contribution in [0.25, 0.3) is 10.9 Å². The van der Waals surface area contributed by atoms with E-state index in [1.54, 1.807) is 9.80 Å². The lowest BCUT2D eigenvalue weighted by molar-refractivity contribution is -0.333. The molecule has 2 amide bonds. The number of pyridine rings is 1. The van der Waals surface area contributed by atoms with Crippen molar-refractivity contribution in [2.24, 2.45) is 5.41 Å². The number of thiocarbonyl (C=S) groups is 1. The number of aromatic nitrogens is 1. The Morgan fingerprint density at radius 2 is 1.80 bits per heavy atom. The Labute approximate surface area is 181 Å². The molecule has 1 spiro atoms. The van der Waals surface area contributed by atoms with E-state index in [0.29, 0.717) is 24.6 Å². The van der Waals surface area contributed by atoms with Crippen LogP contribution >= 0.6 is 12.2 Å². The van der Waals surface area contributed by atoms with Gasteiger partial charge >= 0.3 is 0 Å². The normalized spacial score (nSPS) is 23.2. The summed E-state index contributed by atoms with van der Waals surface area (Å²) in [4.78, 5) is 37.0. The maximum atomic E-state index is 13.9. The molecule has 1 aromatic heterocycles. The van der Waals surface area contributed by atoms with E-state index in [1.165, 1.54) is 0 Å². The molecule has 2 saturated heterocycles. The topological polar surface area (TPSA) is 58.0 Å². The van der Waals surface area contributed by atoms with Gasteiger partial charge in [0.25, 0.3) is 5.82 Å². The number of rotatable bonds is 2. The highest BCUT2D eigenvalue weighted by Crippen LogP contribution is 2.48. The molecule has 3 aliphatic rings. The number of aromatic amines is 1. The van der Waals surface area contributed by atoms with Crippen LogP contribution in [0.5, 0.6) is 0 Å². The summed E-state index contributed by atoms with van der Waals surface area (Å²) in [6, 6.07) is 10.2. The number of fused-ring (bicyclic) bond motifs is 5. The van der Waals surface area contributed by atoms with Crippen molar-refractivity contribution in [3.8, 4) is 0 Å². The van der Waals surface area contributed by atoms with Crippen LogP contribution in [0.2, 0.25) is 0 Å². The molecule has 156 valence electrons. The maximum Gasteiger partial charge on any atom is 0.278 e. The first kappa shape index (κ1) is 19.4. The van der Waals surface area contributed by atoms with Gasteiger partial charge < -0.3 is 0 Å². The predicted molar refractivity (Wildman–Crippen MR) is 119 cm³/mol. The van der Waals surface area contributed by atoms with Crippen molar-refractivity contribution in [1.82, 2.24) is 9.80 Å². The van der Waals surface area contributed by atoms with Crippen LogP contribution in [0.4, 0.5) is 5.82 Å². The fourth-order valence-corrected chi connectivity index (χ4v) is 6.03. The molecule has 30 heavy (non-hydrogen) atoms. The largest absolute Gasteiger partial charge is 0.288 e. The van der Waals surface area contributed by atoms with E-state index in [2.05, 4.69) is 28.1 Å². The molecule has 3 aliphatic heterocycles. The number of hydrogen-bond donors (Lipinski definition) is 0. The summed E-state index contributed by atoms with van der Waals surface area (Å²) < 4.78 is 0. The Kier molecular flexibility index (Phi) is 4.54. The molecule has 0 unspecified atom stereocenters. The number of piperidine rings is 1. The summed E-state index contributed by atoms with van der Waals surface area (Å²) in [6.45, 7) is 5.66. The van der Waals surface area contributed by atoms with Crippen LogP contribution < -0.4 is 9.88 Å². The number of nitrogens with one attached hydrogen (secondary N) is 1. The van der Waals surface area contributed by atoms with Crippen molar-refractivity contribution in [1.29, 1.82) is 0 Å². The van der Waals surface area contributed by atoms with Gasteiger partial charge in [0.15, 0.2) is 10.5 Å². The highest BCUT2D eigenvalue weighted by molar-refractivity contribution is 7.80. The SMILES string of the molecule is CCN1C(=O)C2(Cc3cc4ccccc4[nH+]c3N3CCCC[C@@H]32)C(=O)N(CC)C1=S. The number of anilines is 1. The van der Waals surface area contributed by atoms with Crippen LogP contribution in [0.3, 0.4) is 0 Å². The standard InChI is InChI=1S/C23H26N4O2S/c1-3-25-20(28)23(21(29)26(4-2)22(25)30)14-16-13-15-9-5-6-10-17(15)24-19(16)27-12-8-7-11-18(23)27/h5-6,9-10,13,18H,3-4,7-8,11-12,14H2,1-2H3/p+1/t18-/m1/s1. The van der Waals surface area contributed by atoms with Gasteiger partial charge in [0.05, 0.1) is 6.54 Å². The first-order chi connectivity index (χ1) is 14.5. The molecule has 6 nitrogen and oxygen atoms in total. The van der Waals surface area contributed by atoms with Crippen LogP contribution in [0.1, 0.15) is 38.7 Å². The average Bonchev–Trinajstić information content (AvgIpc) is 2.77. The van der Waals surface area contributed by atoms with Crippen LogP contribution in [0, 0.1) is 5.41 Å². The Bertz CT molecular complexity index is 1040. The van der Waals surface area contributed by atoms with Crippen molar-refractivity contribution in [3.05, 3.63) is 35.9 Å². The molecule has 1 N–H and O–H groups in total. The van der Waals surface area contributed by atoms with Gasteiger partial charge in [0.2, 0.25) is 11.8 Å². The molecular weight excluding hydrogens is 396 g/mol. The van der Waals surface area contributed by atoms with Gasteiger partial charge in [-0.3, -0.25) is 24.3 Å². The zero-order chi connectivity index (χ0) is 21.0. The number of carbonyl (C=O) groups is 2. The van der Waals surface area contributed by atoms with Gasteiger partial charge in [-0.2, -0.15) is 0 Å². The third-order valence-electron chi connectivity index (χ3n) is 7.02. The zero-order valence-corrected chi connectivity index (χ0v) is 18.3. The van der Waals surface area contributed by atoms with E-state index in [9.17, 15) is 9.59 Å². The number of carbonyl (C=O) groups excluding carboxylic acids is 2. The molecule has 7 heteroatoms. The van der Waals surface area contributed by atoms with Gasteiger partial charge in [0, 0.05) is 30.5 Å². The summed E-state index contributed by atoms with van der Waals surface area (Å²) in [5.74, 6) is 0.810. The molecule has 0 radical (unpaired) electrons. The van der Waals surface area contributed by atoms with Crippen molar-refractivity contribution in [2.45, 2.75) is 45.6 Å². The number of nitrogens with zero attached hydrogens (tertiary/aromatic N) is 3. The van der Waals surface area contributed by atoms with E-state index >= 15 is 0 Å². The second kappa shape index (κ2) is 7.01.